The minimum Gasteiger partial charge on any atom is -0.392 e. The van der Waals surface area contributed by atoms with E-state index in [9.17, 15) is 13.5 Å². The highest BCUT2D eigenvalue weighted by molar-refractivity contribution is 7.89. The van der Waals surface area contributed by atoms with Gasteiger partial charge in [0.2, 0.25) is 10.0 Å². The Morgan fingerprint density at radius 2 is 1.85 bits per heavy atom. The van der Waals surface area contributed by atoms with Crippen LogP contribution in [0.2, 0.25) is 0 Å². The summed E-state index contributed by atoms with van der Waals surface area (Å²) in [7, 11) is -3.62. The van der Waals surface area contributed by atoms with Crippen LogP contribution in [-0.4, -0.2) is 13.5 Å². The van der Waals surface area contributed by atoms with Crippen LogP contribution in [0.4, 0.5) is 0 Å². The normalized spacial score (nSPS) is 11.5. The fourth-order valence-corrected chi connectivity index (χ4v) is 3.22. The average molecular weight is 291 g/mol. The van der Waals surface area contributed by atoms with Crippen molar-refractivity contribution in [3.05, 3.63) is 65.2 Å². The standard InChI is InChI=1S/C15H17NO3S/c1-12-5-4-6-13(9-12)10-16-20(18,19)15-8-3-2-7-14(15)11-17/h2-9,16-17H,10-11H2,1H3. The first-order chi connectivity index (χ1) is 9.53. The number of sulfonamides is 1. The first kappa shape index (κ1) is 14.7. The molecule has 5 heteroatoms. The van der Waals surface area contributed by atoms with Crippen LogP contribution in [0.15, 0.2) is 53.4 Å². The van der Waals surface area contributed by atoms with Crippen LogP contribution in [0.3, 0.4) is 0 Å². The lowest BCUT2D eigenvalue weighted by molar-refractivity contribution is 0.278. The third kappa shape index (κ3) is 3.45. The van der Waals surface area contributed by atoms with E-state index in [4.69, 9.17) is 0 Å². The number of aliphatic hydroxyl groups is 1. The summed E-state index contributed by atoms with van der Waals surface area (Å²) in [4.78, 5) is 0.121. The molecule has 0 aliphatic carbocycles. The molecule has 2 aromatic carbocycles. The second kappa shape index (κ2) is 6.17. The molecule has 0 unspecified atom stereocenters. The molecule has 0 amide bonds. The van der Waals surface area contributed by atoms with E-state index < -0.39 is 10.0 Å². The lowest BCUT2D eigenvalue weighted by Gasteiger charge is -2.10. The number of aliphatic hydroxyl groups excluding tert-OH is 1. The molecule has 0 aliphatic heterocycles. The molecule has 0 saturated heterocycles. The van der Waals surface area contributed by atoms with Crippen molar-refractivity contribution in [3.63, 3.8) is 0 Å². The molecule has 0 fully saturated rings. The molecule has 2 rings (SSSR count). The zero-order chi connectivity index (χ0) is 14.6. The predicted molar refractivity (Wildman–Crippen MR) is 77.6 cm³/mol. The zero-order valence-electron chi connectivity index (χ0n) is 11.2. The van der Waals surface area contributed by atoms with Gasteiger partial charge in [0.1, 0.15) is 0 Å². The average Bonchev–Trinajstić information content (AvgIpc) is 2.45. The van der Waals surface area contributed by atoms with Gasteiger partial charge in [-0.3, -0.25) is 0 Å². The molecule has 106 valence electrons. The number of hydrogen-bond acceptors (Lipinski definition) is 3. The van der Waals surface area contributed by atoms with Gasteiger partial charge >= 0.3 is 0 Å². The fraction of sp³-hybridized carbons (Fsp3) is 0.200. The van der Waals surface area contributed by atoms with Gasteiger partial charge in [0.25, 0.3) is 0 Å². The molecule has 0 radical (unpaired) electrons. The number of aryl methyl sites for hydroxylation is 1. The molecule has 0 heterocycles. The monoisotopic (exact) mass is 291 g/mol. The van der Waals surface area contributed by atoms with Gasteiger partial charge in [-0.05, 0) is 24.1 Å². The van der Waals surface area contributed by atoms with Gasteiger partial charge in [-0.15, -0.1) is 0 Å². The zero-order valence-corrected chi connectivity index (χ0v) is 12.0. The third-order valence-electron chi connectivity index (χ3n) is 2.98. The smallest absolute Gasteiger partial charge is 0.241 e. The van der Waals surface area contributed by atoms with Gasteiger partial charge < -0.3 is 5.11 Å². The van der Waals surface area contributed by atoms with E-state index in [2.05, 4.69) is 4.72 Å². The molecule has 0 aliphatic rings. The predicted octanol–water partition coefficient (Wildman–Crippen LogP) is 1.97. The SMILES string of the molecule is Cc1cccc(CNS(=O)(=O)c2ccccc2CO)c1. The Bertz CT molecular complexity index is 696. The highest BCUT2D eigenvalue weighted by atomic mass is 32.2. The lowest BCUT2D eigenvalue weighted by atomic mass is 10.1. The molecule has 4 nitrogen and oxygen atoms in total. The molecule has 0 atom stereocenters. The maximum absolute atomic E-state index is 12.2. The quantitative estimate of drug-likeness (QED) is 0.885. The second-order valence-electron chi connectivity index (χ2n) is 4.58. The van der Waals surface area contributed by atoms with Gasteiger partial charge in [0, 0.05) is 6.54 Å². The molecule has 0 aromatic heterocycles. The fourth-order valence-electron chi connectivity index (χ4n) is 1.97. The van der Waals surface area contributed by atoms with E-state index in [1.807, 2.05) is 31.2 Å². The van der Waals surface area contributed by atoms with Crippen LogP contribution in [-0.2, 0) is 23.2 Å². The molecule has 0 spiro atoms. The van der Waals surface area contributed by atoms with Crippen LogP contribution in [0, 0.1) is 6.92 Å². The van der Waals surface area contributed by atoms with Crippen molar-refractivity contribution in [2.45, 2.75) is 25.0 Å². The van der Waals surface area contributed by atoms with E-state index in [0.717, 1.165) is 11.1 Å². The number of nitrogens with one attached hydrogen (secondary N) is 1. The number of rotatable bonds is 5. The van der Waals surface area contributed by atoms with Crippen LogP contribution in [0.25, 0.3) is 0 Å². The summed E-state index contributed by atoms with van der Waals surface area (Å²) < 4.78 is 27.1. The molecule has 2 aromatic rings. The molecule has 0 bridgehead atoms. The summed E-state index contributed by atoms with van der Waals surface area (Å²) >= 11 is 0. The van der Waals surface area contributed by atoms with Crippen molar-refractivity contribution in [2.75, 3.05) is 0 Å². The summed E-state index contributed by atoms with van der Waals surface area (Å²) in [6.07, 6.45) is 0. The Kier molecular flexibility index (Phi) is 4.54. The Hall–Kier alpha value is -1.69. The summed E-state index contributed by atoms with van der Waals surface area (Å²) in [5.41, 5.74) is 2.37. The van der Waals surface area contributed by atoms with Gasteiger partial charge in [-0.2, -0.15) is 0 Å². The maximum Gasteiger partial charge on any atom is 0.241 e. The topological polar surface area (TPSA) is 66.4 Å². The molecule has 2 N–H and O–H groups in total. The highest BCUT2D eigenvalue weighted by Crippen LogP contribution is 2.15. The Labute approximate surface area is 119 Å². The maximum atomic E-state index is 12.2. The van der Waals surface area contributed by atoms with Crippen molar-refractivity contribution < 1.29 is 13.5 Å². The van der Waals surface area contributed by atoms with E-state index in [-0.39, 0.29) is 18.0 Å². The van der Waals surface area contributed by atoms with Crippen LogP contribution in [0.1, 0.15) is 16.7 Å². The van der Waals surface area contributed by atoms with E-state index in [0.29, 0.717) is 5.56 Å². The summed E-state index contributed by atoms with van der Waals surface area (Å²) in [6, 6.07) is 14.1. The van der Waals surface area contributed by atoms with Crippen molar-refractivity contribution >= 4 is 10.0 Å². The van der Waals surface area contributed by atoms with Crippen LogP contribution < -0.4 is 4.72 Å². The summed E-state index contributed by atoms with van der Waals surface area (Å²) in [5.74, 6) is 0. The van der Waals surface area contributed by atoms with Crippen LogP contribution in [0.5, 0.6) is 0 Å². The van der Waals surface area contributed by atoms with Gasteiger partial charge in [0.05, 0.1) is 11.5 Å². The Morgan fingerprint density at radius 3 is 2.55 bits per heavy atom. The molecule has 20 heavy (non-hydrogen) atoms. The van der Waals surface area contributed by atoms with Crippen molar-refractivity contribution in [1.82, 2.24) is 4.72 Å². The number of hydrogen-bond donors (Lipinski definition) is 2. The van der Waals surface area contributed by atoms with E-state index in [1.54, 1.807) is 18.2 Å². The highest BCUT2D eigenvalue weighted by Gasteiger charge is 2.17. The van der Waals surface area contributed by atoms with E-state index in [1.165, 1.54) is 6.07 Å². The first-order valence-electron chi connectivity index (χ1n) is 6.27. The van der Waals surface area contributed by atoms with Gasteiger partial charge in [0.15, 0.2) is 0 Å². The largest absolute Gasteiger partial charge is 0.392 e. The van der Waals surface area contributed by atoms with Crippen LogP contribution >= 0.6 is 0 Å². The first-order valence-corrected chi connectivity index (χ1v) is 7.75. The molecular weight excluding hydrogens is 274 g/mol. The van der Waals surface area contributed by atoms with Crippen molar-refractivity contribution in [3.8, 4) is 0 Å². The summed E-state index contributed by atoms with van der Waals surface area (Å²) in [5, 5.41) is 9.21. The Morgan fingerprint density at radius 1 is 1.10 bits per heavy atom. The third-order valence-corrected chi connectivity index (χ3v) is 4.48. The lowest BCUT2D eigenvalue weighted by Crippen LogP contribution is -2.24. The summed E-state index contributed by atoms with van der Waals surface area (Å²) in [6.45, 7) is 1.88. The molecular formula is C15H17NO3S. The molecule has 0 saturated carbocycles. The Balaban J connectivity index is 2.19. The van der Waals surface area contributed by atoms with Crippen molar-refractivity contribution in [1.29, 1.82) is 0 Å². The van der Waals surface area contributed by atoms with Crippen molar-refractivity contribution in [2.24, 2.45) is 0 Å². The van der Waals surface area contributed by atoms with Gasteiger partial charge in [-0.25, -0.2) is 13.1 Å². The second-order valence-corrected chi connectivity index (χ2v) is 6.31. The van der Waals surface area contributed by atoms with Gasteiger partial charge in [-0.1, -0.05) is 48.0 Å². The number of benzene rings is 2. The minimum absolute atomic E-state index is 0.121. The van der Waals surface area contributed by atoms with E-state index >= 15 is 0 Å². The minimum atomic E-state index is -3.62.